The lowest BCUT2D eigenvalue weighted by atomic mass is 10.4. The molecule has 1 atom stereocenters. The molecule has 1 N–H and O–H groups in total. The van der Waals surface area contributed by atoms with E-state index in [2.05, 4.69) is 20.2 Å². The molecule has 0 aromatic carbocycles. The van der Waals surface area contributed by atoms with Gasteiger partial charge in [-0.3, -0.25) is 9.31 Å². The Morgan fingerprint density at radius 3 is 3.00 bits per heavy atom. The molecule has 0 saturated heterocycles. The van der Waals surface area contributed by atoms with E-state index < -0.39 is 10.8 Å². The summed E-state index contributed by atoms with van der Waals surface area (Å²) in [5, 5.41) is 7.23. The number of nitrogens with one attached hydrogen (secondary N) is 1. The van der Waals surface area contributed by atoms with Crippen LogP contribution in [-0.2, 0) is 16.6 Å². The summed E-state index contributed by atoms with van der Waals surface area (Å²) < 4.78 is 17.2. The molecule has 3 rings (SSSR count). The summed E-state index contributed by atoms with van der Waals surface area (Å²) in [6, 6.07) is 5.39. The van der Waals surface area contributed by atoms with E-state index in [1.54, 1.807) is 13.2 Å². The van der Waals surface area contributed by atoms with Crippen LogP contribution in [0.5, 0.6) is 5.88 Å². The average molecular weight is 278 g/mol. The Labute approximate surface area is 113 Å². The van der Waals surface area contributed by atoms with Crippen molar-refractivity contribution >= 4 is 10.8 Å². The van der Waals surface area contributed by atoms with E-state index in [1.165, 1.54) is 0 Å². The average Bonchev–Trinajstić information content (AvgIpc) is 3.16. The van der Waals surface area contributed by atoms with E-state index in [0.29, 0.717) is 28.4 Å². The molecule has 7 heteroatoms. The molecule has 0 bridgehead atoms. The topological polar surface area (TPSA) is 80.8 Å². The summed E-state index contributed by atoms with van der Waals surface area (Å²) in [5.74, 6) is 2.14. The van der Waals surface area contributed by atoms with Gasteiger partial charge in [0.25, 0.3) is 0 Å². The summed E-state index contributed by atoms with van der Waals surface area (Å²) in [6.07, 6.45) is 2.28. The van der Waals surface area contributed by atoms with Crippen molar-refractivity contribution in [2.75, 3.05) is 7.11 Å². The Morgan fingerprint density at radius 2 is 2.26 bits per heavy atom. The molecular formula is C12H14N4O2S. The lowest BCUT2D eigenvalue weighted by Crippen LogP contribution is -2.01. The quantitative estimate of drug-likeness (QED) is 0.894. The molecule has 0 aliphatic heterocycles. The number of hydrogen-bond donors (Lipinski definition) is 1. The van der Waals surface area contributed by atoms with E-state index in [4.69, 9.17) is 4.74 Å². The normalized spacial score (nSPS) is 16.3. The Balaban J connectivity index is 1.72. The first-order valence-corrected chi connectivity index (χ1v) is 7.39. The lowest BCUT2D eigenvalue weighted by Gasteiger charge is -2.01. The first-order valence-electron chi connectivity index (χ1n) is 6.07. The van der Waals surface area contributed by atoms with Gasteiger partial charge < -0.3 is 4.74 Å². The highest BCUT2D eigenvalue weighted by molar-refractivity contribution is 7.84. The van der Waals surface area contributed by atoms with Crippen LogP contribution < -0.4 is 4.74 Å². The van der Waals surface area contributed by atoms with Gasteiger partial charge in [-0.25, -0.2) is 9.97 Å². The molecule has 1 aliphatic carbocycles. The summed E-state index contributed by atoms with van der Waals surface area (Å²) in [6.45, 7) is 0. The first kappa shape index (κ1) is 12.3. The van der Waals surface area contributed by atoms with Crippen LogP contribution in [0.2, 0.25) is 0 Å². The predicted octanol–water partition coefficient (Wildman–Crippen LogP) is 1.39. The molecule has 1 fully saturated rings. The van der Waals surface area contributed by atoms with Crippen LogP contribution in [0.4, 0.5) is 0 Å². The molecule has 2 heterocycles. The molecule has 1 aliphatic rings. The third kappa shape index (κ3) is 2.81. The van der Waals surface area contributed by atoms with Gasteiger partial charge in [-0.2, -0.15) is 0 Å². The van der Waals surface area contributed by atoms with E-state index in [-0.39, 0.29) is 0 Å². The zero-order valence-corrected chi connectivity index (χ0v) is 11.3. The van der Waals surface area contributed by atoms with E-state index in [0.717, 1.165) is 18.7 Å². The van der Waals surface area contributed by atoms with Crippen molar-refractivity contribution in [2.24, 2.45) is 0 Å². The van der Waals surface area contributed by atoms with Crippen molar-refractivity contribution in [1.29, 1.82) is 0 Å². The van der Waals surface area contributed by atoms with Crippen LogP contribution in [-0.4, -0.2) is 31.5 Å². The van der Waals surface area contributed by atoms with Crippen molar-refractivity contribution < 1.29 is 8.95 Å². The summed E-state index contributed by atoms with van der Waals surface area (Å²) >= 11 is 0. The fraction of sp³-hybridized carbons (Fsp3) is 0.417. The van der Waals surface area contributed by atoms with Gasteiger partial charge in [0, 0.05) is 12.0 Å². The molecule has 100 valence electrons. The number of rotatable bonds is 5. The molecule has 1 unspecified atom stereocenters. The lowest BCUT2D eigenvalue weighted by molar-refractivity contribution is 0.397. The number of hydrogen-bond acceptors (Lipinski definition) is 5. The first-order chi connectivity index (χ1) is 9.26. The fourth-order valence-corrected chi connectivity index (χ4v) is 2.66. The Bertz CT molecular complexity index is 609. The maximum atomic E-state index is 12.2. The van der Waals surface area contributed by atoms with Gasteiger partial charge in [0.1, 0.15) is 5.82 Å². The zero-order valence-electron chi connectivity index (χ0n) is 10.5. The number of aromatic amines is 1. The molecule has 0 radical (unpaired) electrons. The molecule has 1 saturated carbocycles. The highest BCUT2D eigenvalue weighted by atomic mass is 32.2. The van der Waals surface area contributed by atoms with E-state index in [1.807, 2.05) is 12.1 Å². The van der Waals surface area contributed by atoms with Gasteiger partial charge in [-0.1, -0.05) is 6.07 Å². The zero-order chi connectivity index (χ0) is 13.2. The Kier molecular flexibility index (Phi) is 3.29. The van der Waals surface area contributed by atoms with Crippen molar-refractivity contribution in [3.05, 3.63) is 29.7 Å². The Hall–Kier alpha value is -1.76. The molecule has 6 nitrogen and oxygen atoms in total. The van der Waals surface area contributed by atoms with Crippen molar-refractivity contribution in [3.8, 4) is 5.88 Å². The van der Waals surface area contributed by atoms with Crippen LogP contribution in [0.1, 0.15) is 30.3 Å². The smallest absolute Gasteiger partial charge is 0.239 e. The maximum absolute atomic E-state index is 12.2. The largest absolute Gasteiger partial charge is 0.481 e. The van der Waals surface area contributed by atoms with E-state index >= 15 is 0 Å². The van der Waals surface area contributed by atoms with Gasteiger partial charge in [0.2, 0.25) is 11.0 Å². The van der Waals surface area contributed by atoms with Crippen molar-refractivity contribution in [3.63, 3.8) is 0 Å². The minimum Gasteiger partial charge on any atom is -0.481 e. The van der Waals surface area contributed by atoms with Crippen LogP contribution in [0.25, 0.3) is 0 Å². The van der Waals surface area contributed by atoms with Gasteiger partial charge in [0.05, 0.1) is 29.4 Å². The molecule has 0 spiro atoms. The number of ether oxygens (including phenoxy) is 1. The van der Waals surface area contributed by atoms with Gasteiger partial charge in [-0.15, -0.1) is 5.10 Å². The number of aromatic nitrogens is 4. The highest BCUT2D eigenvalue weighted by Gasteiger charge is 2.28. The van der Waals surface area contributed by atoms with Gasteiger partial charge >= 0.3 is 0 Å². The summed E-state index contributed by atoms with van der Waals surface area (Å²) in [4.78, 5) is 8.52. The van der Waals surface area contributed by atoms with Gasteiger partial charge in [0.15, 0.2) is 0 Å². The monoisotopic (exact) mass is 278 g/mol. The second-order valence-electron chi connectivity index (χ2n) is 4.44. The molecule has 2 aromatic heterocycles. The highest BCUT2D eigenvalue weighted by Crippen LogP contribution is 2.37. The SMILES string of the molecule is COc1cccc(CS(=O)c2n[nH]c(C3CC3)n2)n1. The summed E-state index contributed by atoms with van der Waals surface area (Å²) in [5.41, 5.74) is 0.704. The third-order valence-electron chi connectivity index (χ3n) is 2.92. The minimum absolute atomic E-state index is 0.291. The van der Waals surface area contributed by atoms with Gasteiger partial charge in [-0.05, 0) is 18.9 Å². The maximum Gasteiger partial charge on any atom is 0.239 e. The number of nitrogens with zero attached hydrogens (tertiary/aromatic N) is 3. The Morgan fingerprint density at radius 1 is 1.42 bits per heavy atom. The predicted molar refractivity (Wildman–Crippen MR) is 69.3 cm³/mol. The number of pyridine rings is 1. The third-order valence-corrected chi connectivity index (χ3v) is 4.07. The molecular weight excluding hydrogens is 264 g/mol. The number of methoxy groups -OCH3 is 1. The molecule has 2 aromatic rings. The summed E-state index contributed by atoms with van der Waals surface area (Å²) in [7, 11) is 0.272. The number of H-pyrrole nitrogens is 1. The standard InChI is InChI=1S/C12H14N4O2S/c1-18-10-4-2-3-9(13-10)7-19(17)12-14-11(15-16-12)8-5-6-8/h2-4,8H,5-7H2,1H3,(H,14,15,16). The van der Waals surface area contributed by atoms with Crippen LogP contribution in [0, 0.1) is 0 Å². The van der Waals surface area contributed by atoms with Crippen LogP contribution in [0.3, 0.4) is 0 Å². The minimum atomic E-state index is -1.28. The molecule has 19 heavy (non-hydrogen) atoms. The van der Waals surface area contributed by atoms with Crippen molar-refractivity contribution in [2.45, 2.75) is 29.7 Å². The van der Waals surface area contributed by atoms with Crippen LogP contribution in [0.15, 0.2) is 23.4 Å². The molecule has 0 amide bonds. The second kappa shape index (κ2) is 5.08. The van der Waals surface area contributed by atoms with Crippen LogP contribution >= 0.6 is 0 Å². The second-order valence-corrected chi connectivity index (χ2v) is 5.78. The van der Waals surface area contributed by atoms with Crippen molar-refractivity contribution in [1.82, 2.24) is 20.2 Å². The van der Waals surface area contributed by atoms with E-state index in [9.17, 15) is 4.21 Å². The fourth-order valence-electron chi connectivity index (χ4n) is 1.75.